The van der Waals surface area contributed by atoms with Crippen LogP contribution < -0.4 is 5.32 Å². The van der Waals surface area contributed by atoms with Gasteiger partial charge in [0.05, 0.1) is 23.1 Å². The standard InChI is InChI=1S/C29H36N4O3/c1-6-21-8-7-9-23(18-21)31-27(34)25-19-30-33(24-12-10-20(2)11-13-24)26(25)22-14-16-32(17-15-22)28(35)36-29(3,4)5/h7-13,18-19,22H,6,14-17H2,1-5H3,(H,31,34). The molecule has 0 bridgehead atoms. The fraction of sp³-hybridized carbons (Fsp3) is 0.414. The number of amides is 2. The van der Waals surface area contributed by atoms with Crippen LogP contribution in [-0.4, -0.2) is 45.4 Å². The zero-order valence-corrected chi connectivity index (χ0v) is 21.9. The molecule has 1 N–H and O–H groups in total. The van der Waals surface area contributed by atoms with Crippen molar-refractivity contribution in [2.24, 2.45) is 0 Å². The fourth-order valence-electron chi connectivity index (χ4n) is 4.55. The summed E-state index contributed by atoms with van der Waals surface area (Å²) in [4.78, 5) is 27.8. The number of hydrogen-bond donors (Lipinski definition) is 1. The molecule has 2 aromatic carbocycles. The first-order chi connectivity index (χ1) is 17.1. The summed E-state index contributed by atoms with van der Waals surface area (Å²) < 4.78 is 7.44. The molecule has 190 valence electrons. The molecule has 0 spiro atoms. The third-order valence-corrected chi connectivity index (χ3v) is 6.46. The molecule has 0 radical (unpaired) electrons. The highest BCUT2D eigenvalue weighted by Gasteiger charge is 2.32. The molecule has 7 nitrogen and oxygen atoms in total. The van der Waals surface area contributed by atoms with Gasteiger partial charge in [0.15, 0.2) is 0 Å². The zero-order chi connectivity index (χ0) is 25.9. The molecular weight excluding hydrogens is 452 g/mol. The SMILES string of the molecule is CCc1cccc(NC(=O)c2cnn(-c3ccc(C)cc3)c2C2CCN(C(=O)OC(C)(C)C)CC2)c1. The van der Waals surface area contributed by atoms with Gasteiger partial charge in [-0.3, -0.25) is 4.79 Å². The number of carbonyl (C=O) groups excluding carboxylic acids is 2. The molecule has 2 amide bonds. The number of anilines is 1. The van der Waals surface area contributed by atoms with Gasteiger partial charge in [0, 0.05) is 24.7 Å². The van der Waals surface area contributed by atoms with E-state index in [4.69, 9.17) is 4.74 Å². The molecule has 1 aliphatic rings. The molecule has 0 saturated carbocycles. The van der Waals surface area contributed by atoms with E-state index in [2.05, 4.69) is 23.4 Å². The molecule has 36 heavy (non-hydrogen) atoms. The van der Waals surface area contributed by atoms with Gasteiger partial charge in [0.1, 0.15) is 5.60 Å². The van der Waals surface area contributed by atoms with E-state index in [1.165, 1.54) is 0 Å². The van der Waals surface area contributed by atoms with Crippen molar-refractivity contribution in [1.82, 2.24) is 14.7 Å². The van der Waals surface area contributed by atoms with Crippen LogP contribution in [0, 0.1) is 6.92 Å². The van der Waals surface area contributed by atoms with E-state index in [0.29, 0.717) is 18.7 Å². The number of rotatable bonds is 5. The summed E-state index contributed by atoms with van der Waals surface area (Å²) in [7, 11) is 0. The summed E-state index contributed by atoms with van der Waals surface area (Å²) in [5, 5.41) is 7.70. The molecule has 0 atom stereocenters. The molecule has 0 aliphatic carbocycles. The third-order valence-electron chi connectivity index (χ3n) is 6.46. The lowest BCUT2D eigenvalue weighted by atomic mass is 9.90. The van der Waals surface area contributed by atoms with Crippen molar-refractivity contribution in [3.63, 3.8) is 0 Å². The number of hydrogen-bond acceptors (Lipinski definition) is 4. The second-order valence-corrected chi connectivity index (χ2v) is 10.4. The molecule has 0 unspecified atom stereocenters. The number of aromatic nitrogens is 2. The average Bonchev–Trinajstić information content (AvgIpc) is 3.29. The number of likely N-dealkylation sites (tertiary alicyclic amines) is 1. The maximum atomic E-state index is 13.5. The van der Waals surface area contributed by atoms with Crippen LogP contribution in [0.15, 0.2) is 54.7 Å². The monoisotopic (exact) mass is 488 g/mol. The molecule has 1 saturated heterocycles. The fourth-order valence-corrected chi connectivity index (χ4v) is 4.55. The van der Waals surface area contributed by atoms with Gasteiger partial charge in [-0.05, 0) is 76.8 Å². The van der Waals surface area contributed by atoms with Gasteiger partial charge in [-0.1, -0.05) is 36.8 Å². The van der Waals surface area contributed by atoms with Crippen molar-refractivity contribution < 1.29 is 14.3 Å². The lowest BCUT2D eigenvalue weighted by Gasteiger charge is -2.34. The molecule has 4 rings (SSSR count). The van der Waals surface area contributed by atoms with E-state index in [0.717, 1.165) is 47.5 Å². The van der Waals surface area contributed by atoms with Crippen molar-refractivity contribution >= 4 is 17.7 Å². The van der Waals surface area contributed by atoms with Crippen LogP contribution in [0.5, 0.6) is 0 Å². The Morgan fingerprint density at radius 3 is 2.42 bits per heavy atom. The number of nitrogens with one attached hydrogen (secondary N) is 1. The van der Waals surface area contributed by atoms with Crippen LogP contribution >= 0.6 is 0 Å². The Hall–Kier alpha value is -3.61. The van der Waals surface area contributed by atoms with Crippen LogP contribution in [0.4, 0.5) is 10.5 Å². The normalized spacial score (nSPS) is 14.5. The number of benzene rings is 2. The Bertz CT molecular complexity index is 1220. The summed E-state index contributed by atoms with van der Waals surface area (Å²) in [5.41, 5.74) is 4.92. The van der Waals surface area contributed by atoms with Gasteiger partial charge in [-0.25, -0.2) is 9.48 Å². The first-order valence-electron chi connectivity index (χ1n) is 12.7. The highest BCUT2D eigenvalue weighted by Crippen LogP contribution is 2.33. The number of carbonyl (C=O) groups is 2. The maximum Gasteiger partial charge on any atom is 0.410 e. The summed E-state index contributed by atoms with van der Waals surface area (Å²) in [6.45, 7) is 10.9. The van der Waals surface area contributed by atoms with Crippen molar-refractivity contribution in [2.45, 2.75) is 65.4 Å². The summed E-state index contributed by atoms with van der Waals surface area (Å²) >= 11 is 0. The van der Waals surface area contributed by atoms with E-state index in [9.17, 15) is 9.59 Å². The Balaban J connectivity index is 1.61. The number of nitrogens with zero attached hydrogens (tertiary/aromatic N) is 3. The number of aryl methyl sites for hydroxylation is 2. The molecular formula is C29H36N4O3. The van der Waals surface area contributed by atoms with Gasteiger partial charge >= 0.3 is 6.09 Å². The van der Waals surface area contributed by atoms with E-state index in [-0.39, 0.29) is 17.9 Å². The second kappa shape index (κ2) is 10.6. The first kappa shape index (κ1) is 25.5. The number of ether oxygens (including phenoxy) is 1. The largest absolute Gasteiger partial charge is 0.444 e. The summed E-state index contributed by atoms with van der Waals surface area (Å²) in [6, 6.07) is 16.0. The second-order valence-electron chi connectivity index (χ2n) is 10.4. The molecule has 3 aromatic rings. The Labute approximate surface area is 213 Å². The molecule has 1 fully saturated rings. The minimum atomic E-state index is -0.529. The van der Waals surface area contributed by atoms with Gasteiger partial charge in [-0.15, -0.1) is 0 Å². The third kappa shape index (κ3) is 5.96. The lowest BCUT2D eigenvalue weighted by Crippen LogP contribution is -2.41. The highest BCUT2D eigenvalue weighted by molar-refractivity contribution is 6.05. The van der Waals surface area contributed by atoms with Gasteiger partial charge in [0.2, 0.25) is 0 Å². The van der Waals surface area contributed by atoms with E-state index in [1.54, 1.807) is 11.1 Å². The van der Waals surface area contributed by atoms with Crippen LogP contribution in [0.2, 0.25) is 0 Å². The van der Waals surface area contributed by atoms with Crippen molar-refractivity contribution in [1.29, 1.82) is 0 Å². The zero-order valence-electron chi connectivity index (χ0n) is 21.9. The molecule has 2 heterocycles. The van der Waals surface area contributed by atoms with Crippen molar-refractivity contribution in [2.75, 3.05) is 18.4 Å². The minimum absolute atomic E-state index is 0.0789. The average molecular weight is 489 g/mol. The van der Waals surface area contributed by atoms with Crippen LogP contribution in [0.25, 0.3) is 5.69 Å². The van der Waals surface area contributed by atoms with Gasteiger partial charge in [0.25, 0.3) is 5.91 Å². The Morgan fingerprint density at radius 1 is 1.08 bits per heavy atom. The van der Waals surface area contributed by atoms with E-state index < -0.39 is 5.60 Å². The van der Waals surface area contributed by atoms with Crippen LogP contribution in [-0.2, 0) is 11.2 Å². The topological polar surface area (TPSA) is 76.5 Å². The number of piperidine rings is 1. The summed E-state index contributed by atoms with van der Waals surface area (Å²) in [5.74, 6) is -0.0959. The quantitative estimate of drug-likeness (QED) is 0.470. The van der Waals surface area contributed by atoms with Crippen molar-refractivity contribution in [3.05, 3.63) is 77.1 Å². The van der Waals surface area contributed by atoms with Crippen LogP contribution in [0.1, 0.15) is 73.6 Å². The molecule has 7 heteroatoms. The molecule has 1 aliphatic heterocycles. The lowest BCUT2D eigenvalue weighted by molar-refractivity contribution is 0.0203. The van der Waals surface area contributed by atoms with E-state index >= 15 is 0 Å². The van der Waals surface area contributed by atoms with Crippen molar-refractivity contribution in [3.8, 4) is 5.69 Å². The predicted molar refractivity (Wildman–Crippen MR) is 142 cm³/mol. The Morgan fingerprint density at radius 2 is 1.78 bits per heavy atom. The predicted octanol–water partition coefficient (Wildman–Crippen LogP) is 6.11. The minimum Gasteiger partial charge on any atom is -0.444 e. The Kier molecular flexibility index (Phi) is 7.48. The van der Waals surface area contributed by atoms with Gasteiger partial charge in [-0.2, -0.15) is 5.10 Å². The smallest absolute Gasteiger partial charge is 0.410 e. The van der Waals surface area contributed by atoms with Crippen LogP contribution in [0.3, 0.4) is 0 Å². The van der Waals surface area contributed by atoms with E-state index in [1.807, 2.05) is 74.8 Å². The molecule has 1 aromatic heterocycles. The first-order valence-corrected chi connectivity index (χ1v) is 12.7. The maximum absolute atomic E-state index is 13.5. The highest BCUT2D eigenvalue weighted by atomic mass is 16.6. The van der Waals surface area contributed by atoms with Gasteiger partial charge < -0.3 is 15.0 Å². The summed E-state index contributed by atoms with van der Waals surface area (Å²) in [6.07, 6.45) is 3.72.